The van der Waals surface area contributed by atoms with Gasteiger partial charge in [0.2, 0.25) is 0 Å². The minimum atomic E-state index is 0.566. The van der Waals surface area contributed by atoms with Crippen LogP contribution in [-0.4, -0.2) is 33.6 Å². The van der Waals surface area contributed by atoms with Gasteiger partial charge < -0.3 is 5.32 Å². The van der Waals surface area contributed by atoms with Gasteiger partial charge in [-0.15, -0.1) is 0 Å². The molecule has 4 nitrogen and oxygen atoms in total. The van der Waals surface area contributed by atoms with E-state index in [1.165, 1.54) is 24.1 Å². The fraction of sp³-hybridized carbons (Fsp3) is 0.240. The maximum absolute atomic E-state index is 4.49. The Labute approximate surface area is 171 Å². The minimum absolute atomic E-state index is 0.566. The molecule has 0 radical (unpaired) electrons. The van der Waals surface area contributed by atoms with Crippen molar-refractivity contribution in [1.82, 2.24) is 19.8 Å². The monoisotopic (exact) mass is 382 g/mol. The second-order valence-corrected chi connectivity index (χ2v) is 7.86. The Hall–Kier alpha value is -2.95. The molecule has 1 saturated heterocycles. The number of nitrogens with zero attached hydrogens (tertiary/aromatic N) is 3. The number of para-hydroxylation sites is 2. The van der Waals surface area contributed by atoms with Gasteiger partial charge in [0.1, 0.15) is 6.33 Å². The molecule has 1 atom stereocenters. The van der Waals surface area contributed by atoms with Crippen molar-refractivity contribution >= 4 is 11.0 Å². The molecule has 146 valence electrons. The molecule has 1 fully saturated rings. The predicted molar refractivity (Wildman–Crippen MR) is 118 cm³/mol. The van der Waals surface area contributed by atoms with E-state index in [4.69, 9.17) is 0 Å². The minimum Gasteiger partial charge on any atom is -0.309 e. The number of imidazole rings is 1. The summed E-state index contributed by atoms with van der Waals surface area (Å²) in [6.45, 7) is 4.24. The number of nitrogens with one attached hydrogen (secondary N) is 1. The lowest BCUT2D eigenvalue weighted by Crippen LogP contribution is -2.31. The molecule has 1 aliphatic heterocycles. The van der Waals surface area contributed by atoms with Gasteiger partial charge in [-0.1, -0.05) is 54.6 Å². The van der Waals surface area contributed by atoms with Crippen LogP contribution < -0.4 is 5.32 Å². The van der Waals surface area contributed by atoms with Gasteiger partial charge in [-0.25, -0.2) is 4.98 Å². The smallest absolute Gasteiger partial charge is 0.100 e. The summed E-state index contributed by atoms with van der Waals surface area (Å²) in [7, 11) is 0. The van der Waals surface area contributed by atoms with Gasteiger partial charge in [0.25, 0.3) is 0 Å². The molecule has 0 unspecified atom stereocenters. The van der Waals surface area contributed by atoms with E-state index >= 15 is 0 Å². The number of hydrogen-bond acceptors (Lipinski definition) is 3. The molecule has 29 heavy (non-hydrogen) atoms. The quantitative estimate of drug-likeness (QED) is 0.537. The Morgan fingerprint density at radius 1 is 0.862 bits per heavy atom. The van der Waals surface area contributed by atoms with Crippen LogP contribution in [0.15, 0.2) is 85.2 Å². The molecular weight excluding hydrogens is 356 g/mol. The van der Waals surface area contributed by atoms with E-state index in [-0.39, 0.29) is 0 Å². The summed E-state index contributed by atoms with van der Waals surface area (Å²) < 4.78 is 2.14. The van der Waals surface area contributed by atoms with E-state index in [9.17, 15) is 0 Å². The number of likely N-dealkylation sites (tertiary alicyclic amines) is 1. The zero-order valence-corrected chi connectivity index (χ0v) is 16.5. The fourth-order valence-electron chi connectivity index (χ4n) is 4.19. The topological polar surface area (TPSA) is 33.1 Å². The molecule has 2 heterocycles. The largest absolute Gasteiger partial charge is 0.309 e. The molecule has 4 aromatic rings. The van der Waals surface area contributed by atoms with E-state index in [1.54, 1.807) is 0 Å². The SMILES string of the molecule is c1ccc(CN2CC[C@H](NCc3ccc(-n4cnc5ccccc54)cc3)C2)cc1. The molecule has 4 heteroatoms. The molecule has 3 aromatic carbocycles. The molecule has 1 N–H and O–H groups in total. The van der Waals surface area contributed by atoms with Crippen LogP contribution in [0, 0.1) is 0 Å². The van der Waals surface area contributed by atoms with Gasteiger partial charge in [-0.3, -0.25) is 9.47 Å². The summed E-state index contributed by atoms with van der Waals surface area (Å²) in [5.74, 6) is 0. The summed E-state index contributed by atoms with van der Waals surface area (Å²) >= 11 is 0. The fourth-order valence-corrected chi connectivity index (χ4v) is 4.19. The molecule has 0 amide bonds. The third-order valence-corrected chi connectivity index (χ3v) is 5.78. The maximum atomic E-state index is 4.49. The average Bonchev–Trinajstić information content (AvgIpc) is 3.40. The number of benzene rings is 3. The third kappa shape index (κ3) is 4.09. The van der Waals surface area contributed by atoms with Crippen LogP contribution in [0.2, 0.25) is 0 Å². The molecule has 5 rings (SSSR count). The molecule has 0 aliphatic carbocycles. The zero-order chi connectivity index (χ0) is 19.5. The lowest BCUT2D eigenvalue weighted by molar-refractivity contribution is 0.320. The summed E-state index contributed by atoms with van der Waals surface area (Å²) in [6.07, 6.45) is 3.11. The molecule has 1 aromatic heterocycles. The zero-order valence-electron chi connectivity index (χ0n) is 16.5. The van der Waals surface area contributed by atoms with E-state index in [0.717, 1.165) is 36.4 Å². The van der Waals surface area contributed by atoms with Crippen LogP contribution in [0.25, 0.3) is 16.7 Å². The van der Waals surface area contributed by atoms with Crippen molar-refractivity contribution < 1.29 is 0 Å². The molecule has 0 spiro atoms. The van der Waals surface area contributed by atoms with Crippen LogP contribution in [0.4, 0.5) is 0 Å². The summed E-state index contributed by atoms with van der Waals surface area (Å²) in [4.78, 5) is 7.03. The number of fused-ring (bicyclic) bond motifs is 1. The van der Waals surface area contributed by atoms with Crippen LogP contribution >= 0.6 is 0 Å². The van der Waals surface area contributed by atoms with Crippen LogP contribution in [0.5, 0.6) is 0 Å². The molecule has 0 saturated carbocycles. The first kappa shape index (κ1) is 18.1. The third-order valence-electron chi connectivity index (χ3n) is 5.78. The van der Waals surface area contributed by atoms with Crippen molar-refractivity contribution in [3.63, 3.8) is 0 Å². The Morgan fingerprint density at radius 2 is 1.66 bits per heavy atom. The Morgan fingerprint density at radius 3 is 2.52 bits per heavy atom. The van der Waals surface area contributed by atoms with Gasteiger partial charge in [0.05, 0.1) is 11.0 Å². The molecule has 0 bridgehead atoms. The number of rotatable bonds is 6. The lowest BCUT2D eigenvalue weighted by atomic mass is 10.1. The van der Waals surface area contributed by atoms with Crippen LogP contribution in [-0.2, 0) is 13.1 Å². The van der Waals surface area contributed by atoms with Gasteiger partial charge in [0.15, 0.2) is 0 Å². The van der Waals surface area contributed by atoms with Crippen molar-refractivity contribution in [2.45, 2.75) is 25.6 Å². The van der Waals surface area contributed by atoms with Crippen LogP contribution in [0.1, 0.15) is 17.5 Å². The molecular formula is C25H26N4. The van der Waals surface area contributed by atoms with Crippen LogP contribution in [0.3, 0.4) is 0 Å². The number of aromatic nitrogens is 2. The Bertz CT molecular complexity index is 1070. The highest BCUT2D eigenvalue weighted by molar-refractivity contribution is 5.77. The first-order valence-corrected chi connectivity index (χ1v) is 10.4. The second kappa shape index (κ2) is 8.19. The van der Waals surface area contributed by atoms with Crippen molar-refractivity contribution in [1.29, 1.82) is 0 Å². The van der Waals surface area contributed by atoms with Gasteiger partial charge in [0, 0.05) is 37.9 Å². The standard InChI is InChI=1S/C25H26N4/c1-2-6-21(7-3-1)17-28-15-14-22(18-28)26-16-20-10-12-23(13-11-20)29-19-27-24-8-4-5-9-25(24)29/h1-13,19,22,26H,14-18H2/t22-/m0/s1. The predicted octanol–water partition coefficient (Wildman–Crippen LogP) is 4.39. The van der Waals surface area contributed by atoms with Crippen molar-refractivity contribution in [2.24, 2.45) is 0 Å². The van der Waals surface area contributed by atoms with Crippen molar-refractivity contribution in [2.75, 3.05) is 13.1 Å². The van der Waals surface area contributed by atoms with E-state index in [2.05, 4.69) is 86.5 Å². The Kier molecular flexibility index (Phi) is 5.11. The highest BCUT2D eigenvalue weighted by Crippen LogP contribution is 2.19. The summed E-state index contributed by atoms with van der Waals surface area (Å²) in [5.41, 5.74) is 6.04. The van der Waals surface area contributed by atoms with Gasteiger partial charge in [-0.05, 0) is 41.8 Å². The highest BCUT2D eigenvalue weighted by Gasteiger charge is 2.21. The van der Waals surface area contributed by atoms with E-state index in [1.807, 2.05) is 18.5 Å². The summed E-state index contributed by atoms with van der Waals surface area (Å²) in [6, 6.07) is 28.4. The average molecular weight is 383 g/mol. The van der Waals surface area contributed by atoms with Crippen molar-refractivity contribution in [3.8, 4) is 5.69 Å². The van der Waals surface area contributed by atoms with Gasteiger partial charge in [-0.2, -0.15) is 0 Å². The second-order valence-electron chi connectivity index (χ2n) is 7.86. The van der Waals surface area contributed by atoms with Crippen molar-refractivity contribution in [3.05, 3.63) is 96.3 Å². The first-order valence-electron chi connectivity index (χ1n) is 10.4. The normalized spacial score (nSPS) is 17.2. The Balaban J connectivity index is 1.17. The van der Waals surface area contributed by atoms with E-state index < -0.39 is 0 Å². The number of hydrogen-bond donors (Lipinski definition) is 1. The van der Waals surface area contributed by atoms with Gasteiger partial charge >= 0.3 is 0 Å². The highest BCUT2D eigenvalue weighted by atomic mass is 15.2. The first-order chi connectivity index (χ1) is 14.3. The van der Waals surface area contributed by atoms with E-state index in [0.29, 0.717) is 6.04 Å². The summed E-state index contributed by atoms with van der Waals surface area (Å²) in [5, 5.41) is 3.74. The lowest BCUT2D eigenvalue weighted by Gasteiger charge is -2.17. The molecule has 1 aliphatic rings. The maximum Gasteiger partial charge on any atom is 0.100 e.